The van der Waals surface area contributed by atoms with Crippen molar-refractivity contribution in [3.05, 3.63) is 99.4 Å². The van der Waals surface area contributed by atoms with E-state index in [1.165, 1.54) is 18.2 Å². The lowest BCUT2D eigenvalue weighted by molar-refractivity contribution is -0.131. The first-order valence-electron chi connectivity index (χ1n) is 11.3. The molecule has 1 fully saturated rings. The Kier molecular flexibility index (Phi) is 6.23. The maximum atomic E-state index is 14.9. The lowest BCUT2D eigenvalue weighted by Crippen LogP contribution is -2.42. The number of anilines is 1. The molecular formula is C27H22BrF2N3O2. The summed E-state index contributed by atoms with van der Waals surface area (Å²) in [5.74, 6) is -1.70. The fourth-order valence-corrected chi connectivity index (χ4v) is 5.00. The summed E-state index contributed by atoms with van der Waals surface area (Å²) in [5, 5.41) is 2.98. The zero-order valence-electron chi connectivity index (χ0n) is 18.9. The Hall–Kier alpha value is -3.39. The van der Waals surface area contributed by atoms with Crippen LogP contribution in [0.2, 0.25) is 0 Å². The van der Waals surface area contributed by atoms with Gasteiger partial charge >= 0.3 is 0 Å². The predicted octanol–water partition coefficient (Wildman–Crippen LogP) is 5.71. The maximum Gasteiger partial charge on any atom is 0.254 e. The monoisotopic (exact) mass is 537 g/mol. The van der Waals surface area contributed by atoms with Crippen LogP contribution in [0.4, 0.5) is 14.5 Å². The highest BCUT2D eigenvalue weighted by atomic mass is 79.9. The van der Waals surface area contributed by atoms with Gasteiger partial charge in [-0.3, -0.25) is 9.59 Å². The number of aromatic nitrogens is 1. The van der Waals surface area contributed by atoms with Gasteiger partial charge in [-0.25, -0.2) is 13.8 Å². The largest absolute Gasteiger partial charge is 0.344 e. The van der Waals surface area contributed by atoms with Crippen LogP contribution in [0.3, 0.4) is 0 Å². The van der Waals surface area contributed by atoms with Gasteiger partial charge < -0.3 is 10.2 Å². The Morgan fingerprint density at radius 2 is 1.97 bits per heavy atom. The van der Waals surface area contributed by atoms with Crippen LogP contribution < -0.4 is 10.2 Å². The molecule has 1 aliphatic carbocycles. The van der Waals surface area contributed by atoms with Crippen LogP contribution in [0, 0.1) is 17.6 Å². The minimum Gasteiger partial charge on any atom is -0.344 e. The molecule has 2 atom stereocenters. The normalized spacial score (nSPS) is 18.1. The van der Waals surface area contributed by atoms with Crippen LogP contribution in [0.5, 0.6) is 0 Å². The number of rotatable bonds is 5. The number of nitrogens with zero attached hydrogens (tertiary/aromatic N) is 2. The molecule has 1 aromatic heterocycles. The lowest BCUT2D eigenvalue weighted by Gasteiger charge is -2.36. The van der Waals surface area contributed by atoms with Crippen molar-refractivity contribution in [1.82, 2.24) is 10.3 Å². The van der Waals surface area contributed by atoms with Crippen molar-refractivity contribution in [2.75, 3.05) is 4.90 Å². The van der Waals surface area contributed by atoms with Gasteiger partial charge in [0.2, 0.25) is 0 Å². The first-order valence-corrected chi connectivity index (χ1v) is 12.1. The molecule has 2 aromatic carbocycles. The van der Waals surface area contributed by atoms with Gasteiger partial charge in [0.15, 0.2) is 0 Å². The number of amides is 1. The summed E-state index contributed by atoms with van der Waals surface area (Å²) in [6.07, 6.45) is 2.70. The first-order chi connectivity index (χ1) is 16.8. The molecule has 5 rings (SSSR count). The van der Waals surface area contributed by atoms with Crippen LogP contribution in [0.15, 0.2) is 71.1 Å². The Morgan fingerprint density at radius 3 is 2.63 bits per heavy atom. The van der Waals surface area contributed by atoms with Gasteiger partial charge in [0.1, 0.15) is 22.0 Å². The topological polar surface area (TPSA) is 62.3 Å². The van der Waals surface area contributed by atoms with Crippen molar-refractivity contribution in [3.8, 4) is 0 Å². The van der Waals surface area contributed by atoms with Crippen molar-refractivity contribution in [1.29, 1.82) is 0 Å². The first kappa shape index (κ1) is 23.4. The second-order valence-corrected chi connectivity index (χ2v) is 9.58. The van der Waals surface area contributed by atoms with Crippen LogP contribution in [-0.4, -0.2) is 16.7 Å². The van der Waals surface area contributed by atoms with E-state index in [9.17, 15) is 18.4 Å². The smallest absolute Gasteiger partial charge is 0.254 e. The average molecular weight is 538 g/mol. The van der Waals surface area contributed by atoms with E-state index < -0.39 is 29.5 Å². The molecule has 0 saturated heterocycles. The number of carbonyl (C=O) groups is 2. The molecule has 0 spiro atoms. The highest BCUT2D eigenvalue weighted by Crippen LogP contribution is 2.39. The lowest BCUT2D eigenvalue weighted by atomic mass is 9.75. The van der Waals surface area contributed by atoms with E-state index in [4.69, 9.17) is 0 Å². The molecule has 3 aromatic rings. The number of pyridine rings is 1. The van der Waals surface area contributed by atoms with E-state index in [-0.39, 0.29) is 12.3 Å². The molecule has 35 heavy (non-hydrogen) atoms. The second kappa shape index (κ2) is 9.34. The number of carbonyl (C=O) groups excluding carboxylic acids is 2. The number of allylic oxidation sites excluding steroid dienone is 1. The number of nitrogens with one attached hydrogen (secondary N) is 1. The molecule has 1 unspecified atom stereocenters. The van der Waals surface area contributed by atoms with Crippen molar-refractivity contribution < 1.29 is 18.4 Å². The summed E-state index contributed by atoms with van der Waals surface area (Å²) < 4.78 is 29.6. The predicted molar refractivity (Wildman–Crippen MR) is 132 cm³/mol. The van der Waals surface area contributed by atoms with Crippen LogP contribution >= 0.6 is 15.9 Å². The van der Waals surface area contributed by atoms with E-state index in [1.54, 1.807) is 43.5 Å². The van der Waals surface area contributed by atoms with Crippen molar-refractivity contribution in [2.45, 2.75) is 32.4 Å². The third kappa shape index (κ3) is 4.38. The third-order valence-corrected chi connectivity index (χ3v) is 7.20. The summed E-state index contributed by atoms with van der Waals surface area (Å²) in [6.45, 7) is 2.04. The Bertz CT molecular complexity index is 1360. The maximum absolute atomic E-state index is 14.9. The molecule has 1 aliphatic heterocycles. The Morgan fingerprint density at radius 1 is 1.17 bits per heavy atom. The van der Waals surface area contributed by atoms with Gasteiger partial charge in [0.05, 0.1) is 30.0 Å². The zero-order valence-corrected chi connectivity index (χ0v) is 20.5. The molecule has 1 saturated carbocycles. The quantitative estimate of drug-likeness (QED) is 0.423. The number of hydrogen-bond donors (Lipinski definition) is 1. The van der Waals surface area contributed by atoms with Crippen molar-refractivity contribution in [3.63, 3.8) is 0 Å². The Labute approximate surface area is 210 Å². The van der Waals surface area contributed by atoms with E-state index >= 15 is 0 Å². The number of Topliss-reactive ketones (excluding diaryl/α,β-unsaturated/α-hetero) is 1. The second-order valence-electron chi connectivity index (χ2n) is 8.77. The molecule has 5 nitrogen and oxygen atoms in total. The van der Waals surface area contributed by atoms with Gasteiger partial charge in [-0.1, -0.05) is 24.3 Å². The third-order valence-electron chi connectivity index (χ3n) is 6.73. The standard InChI is InChI=1S/C27H22BrF2N3O2/c1-15-25(27(35)32-26(20-9-10-23(20)34)16-4-2-5-17(29)12-16)19-6-3-7-22(30)21(19)14-33(15)18-8-11-24(28)31-13-18/h2-8,11-13,20,26H,9-10,14H2,1H3,(H,32,35)/t20?,26-/m1/s1. The van der Waals surface area contributed by atoms with Crippen molar-refractivity contribution in [2.24, 2.45) is 5.92 Å². The minimum absolute atomic E-state index is 0.0305. The highest BCUT2D eigenvalue weighted by molar-refractivity contribution is 9.10. The molecular weight excluding hydrogens is 516 g/mol. The number of hydrogen-bond acceptors (Lipinski definition) is 4. The van der Waals surface area contributed by atoms with Gasteiger partial charge in [0.25, 0.3) is 5.91 Å². The molecule has 8 heteroatoms. The number of benzene rings is 2. The van der Waals surface area contributed by atoms with Crippen molar-refractivity contribution >= 4 is 38.9 Å². The summed E-state index contributed by atoms with van der Waals surface area (Å²) in [6, 6.07) is 13.5. The molecule has 2 heterocycles. The number of fused-ring (bicyclic) bond motifs is 1. The van der Waals surface area contributed by atoms with Crippen LogP contribution in [0.25, 0.3) is 5.57 Å². The summed E-state index contributed by atoms with van der Waals surface area (Å²) in [4.78, 5) is 32.2. The molecule has 0 radical (unpaired) electrons. The fourth-order valence-electron chi connectivity index (χ4n) is 4.77. The zero-order chi connectivity index (χ0) is 24.7. The van der Waals surface area contributed by atoms with Crippen LogP contribution in [0.1, 0.15) is 42.5 Å². The molecule has 2 aliphatic rings. The SMILES string of the molecule is CC1=C(C(=O)N[C@H](c2cccc(F)c2)C2CCC2=O)c2cccc(F)c2CN1c1ccc(Br)nc1. The minimum atomic E-state index is -0.679. The highest BCUT2D eigenvalue weighted by Gasteiger charge is 2.39. The van der Waals surface area contributed by atoms with Crippen LogP contribution in [-0.2, 0) is 16.1 Å². The Balaban J connectivity index is 1.57. The molecule has 0 bridgehead atoms. The molecule has 178 valence electrons. The summed E-state index contributed by atoms with van der Waals surface area (Å²) in [5.41, 5.74) is 3.07. The van der Waals surface area contributed by atoms with Gasteiger partial charge in [0, 0.05) is 23.6 Å². The summed E-state index contributed by atoms with van der Waals surface area (Å²) in [7, 11) is 0. The fraction of sp³-hybridized carbons (Fsp3) is 0.222. The average Bonchev–Trinajstić information content (AvgIpc) is 2.83. The summed E-state index contributed by atoms with van der Waals surface area (Å²) >= 11 is 3.32. The molecule has 1 N–H and O–H groups in total. The van der Waals surface area contributed by atoms with E-state index in [0.717, 1.165) is 0 Å². The van der Waals surface area contributed by atoms with Gasteiger partial charge in [-0.15, -0.1) is 0 Å². The van der Waals surface area contributed by atoms with Gasteiger partial charge in [-0.05, 0) is 70.7 Å². The number of halogens is 3. The van der Waals surface area contributed by atoms with Gasteiger partial charge in [-0.2, -0.15) is 0 Å². The van der Waals surface area contributed by atoms with E-state index in [0.29, 0.717) is 51.1 Å². The van der Waals surface area contributed by atoms with E-state index in [2.05, 4.69) is 26.2 Å². The number of ketones is 1. The van der Waals surface area contributed by atoms with E-state index in [1.807, 2.05) is 11.0 Å². The molecule has 1 amide bonds.